The summed E-state index contributed by atoms with van der Waals surface area (Å²) in [5.41, 5.74) is 2.01. The SMILES string of the molecule is CNc1cc(-c2ccc[nH]2)nc(C2CC2)n1. The van der Waals surface area contributed by atoms with Crippen molar-refractivity contribution in [2.75, 3.05) is 12.4 Å². The molecule has 0 radical (unpaired) electrons. The first kappa shape index (κ1) is 9.39. The van der Waals surface area contributed by atoms with E-state index in [0.717, 1.165) is 23.0 Å². The molecule has 2 aromatic rings. The van der Waals surface area contributed by atoms with Gasteiger partial charge in [-0.05, 0) is 25.0 Å². The lowest BCUT2D eigenvalue weighted by Crippen LogP contribution is -2.00. The maximum Gasteiger partial charge on any atom is 0.134 e. The largest absolute Gasteiger partial charge is 0.373 e. The van der Waals surface area contributed by atoms with Crippen LogP contribution in [0.3, 0.4) is 0 Å². The minimum atomic E-state index is 0.571. The van der Waals surface area contributed by atoms with Crippen LogP contribution < -0.4 is 5.32 Å². The zero-order chi connectivity index (χ0) is 11.0. The van der Waals surface area contributed by atoms with Crippen molar-refractivity contribution in [3.8, 4) is 11.4 Å². The lowest BCUT2D eigenvalue weighted by Gasteiger charge is -2.05. The molecule has 1 aliphatic carbocycles. The van der Waals surface area contributed by atoms with E-state index < -0.39 is 0 Å². The highest BCUT2D eigenvalue weighted by molar-refractivity contribution is 5.58. The highest BCUT2D eigenvalue weighted by Crippen LogP contribution is 2.39. The highest BCUT2D eigenvalue weighted by atomic mass is 15.0. The molecule has 0 aromatic carbocycles. The number of nitrogens with one attached hydrogen (secondary N) is 2. The topological polar surface area (TPSA) is 53.6 Å². The summed E-state index contributed by atoms with van der Waals surface area (Å²) in [6.45, 7) is 0. The molecule has 0 amide bonds. The number of anilines is 1. The average molecular weight is 214 g/mol. The van der Waals surface area contributed by atoms with Crippen LogP contribution in [0.2, 0.25) is 0 Å². The molecule has 1 saturated carbocycles. The third-order valence-corrected chi connectivity index (χ3v) is 2.82. The van der Waals surface area contributed by atoms with Crippen molar-refractivity contribution in [1.29, 1.82) is 0 Å². The van der Waals surface area contributed by atoms with Crippen molar-refractivity contribution in [1.82, 2.24) is 15.0 Å². The van der Waals surface area contributed by atoms with E-state index in [-0.39, 0.29) is 0 Å². The molecule has 0 saturated heterocycles. The van der Waals surface area contributed by atoms with E-state index in [1.807, 2.05) is 31.4 Å². The van der Waals surface area contributed by atoms with Crippen LogP contribution in [-0.2, 0) is 0 Å². The Morgan fingerprint density at radius 1 is 1.38 bits per heavy atom. The number of H-pyrrole nitrogens is 1. The van der Waals surface area contributed by atoms with Crippen molar-refractivity contribution < 1.29 is 0 Å². The number of nitrogens with zero attached hydrogens (tertiary/aromatic N) is 2. The first-order valence-electron chi connectivity index (χ1n) is 5.57. The van der Waals surface area contributed by atoms with E-state index in [2.05, 4.69) is 20.3 Å². The number of aromatic amines is 1. The lowest BCUT2D eigenvalue weighted by molar-refractivity contribution is 0.930. The molecule has 0 unspecified atom stereocenters. The minimum Gasteiger partial charge on any atom is -0.373 e. The van der Waals surface area contributed by atoms with Gasteiger partial charge in [0.05, 0.1) is 11.4 Å². The van der Waals surface area contributed by atoms with Crippen molar-refractivity contribution in [3.63, 3.8) is 0 Å². The van der Waals surface area contributed by atoms with Gasteiger partial charge in [-0.25, -0.2) is 9.97 Å². The Bertz CT molecular complexity index is 486. The van der Waals surface area contributed by atoms with Crippen LogP contribution in [0.25, 0.3) is 11.4 Å². The van der Waals surface area contributed by atoms with Gasteiger partial charge in [-0.1, -0.05) is 0 Å². The van der Waals surface area contributed by atoms with Gasteiger partial charge in [-0.2, -0.15) is 0 Å². The first-order chi connectivity index (χ1) is 7.86. The Balaban J connectivity index is 2.06. The summed E-state index contributed by atoms with van der Waals surface area (Å²) < 4.78 is 0. The van der Waals surface area contributed by atoms with Gasteiger partial charge in [0, 0.05) is 25.2 Å². The fourth-order valence-electron chi connectivity index (χ4n) is 1.75. The second kappa shape index (κ2) is 3.63. The van der Waals surface area contributed by atoms with Gasteiger partial charge in [0.1, 0.15) is 11.6 Å². The molecule has 4 nitrogen and oxygen atoms in total. The van der Waals surface area contributed by atoms with Crippen molar-refractivity contribution in [3.05, 3.63) is 30.2 Å². The van der Waals surface area contributed by atoms with Crippen LogP contribution in [-0.4, -0.2) is 22.0 Å². The minimum absolute atomic E-state index is 0.571. The summed E-state index contributed by atoms with van der Waals surface area (Å²) in [5, 5.41) is 3.09. The summed E-state index contributed by atoms with van der Waals surface area (Å²) in [7, 11) is 1.89. The number of hydrogen-bond acceptors (Lipinski definition) is 3. The maximum atomic E-state index is 4.60. The molecular weight excluding hydrogens is 200 g/mol. The Kier molecular flexibility index (Phi) is 2.13. The second-order valence-electron chi connectivity index (χ2n) is 4.10. The normalized spacial score (nSPS) is 15.1. The summed E-state index contributed by atoms with van der Waals surface area (Å²) in [4.78, 5) is 12.3. The van der Waals surface area contributed by atoms with Crippen LogP contribution in [0.1, 0.15) is 24.6 Å². The standard InChI is InChI=1S/C12H14N4/c1-13-11-7-10(9-3-2-6-14-9)15-12(16-11)8-4-5-8/h2-3,6-8,14H,4-5H2,1H3,(H,13,15,16). The predicted octanol–water partition coefficient (Wildman–Crippen LogP) is 2.39. The molecule has 4 heteroatoms. The Morgan fingerprint density at radius 3 is 2.88 bits per heavy atom. The predicted molar refractivity (Wildman–Crippen MR) is 63.3 cm³/mol. The van der Waals surface area contributed by atoms with E-state index in [0.29, 0.717) is 5.92 Å². The van der Waals surface area contributed by atoms with Gasteiger partial charge in [0.15, 0.2) is 0 Å². The van der Waals surface area contributed by atoms with E-state index in [4.69, 9.17) is 0 Å². The van der Waals surface area contributed by atoms with Crippen molar-refractivity contribution in [2.45, 2.75) is 18.8 Å². The molecule has 0 bridgehead atoms. The lowest BCUT2D eigenvalue weighted by atomic mass is 10.2. The molecule has 82 valence electrons. The smallest absolute Gasteiger partial charge is 0.134 e. The summed E-state index contributed by atoms with van der Waals surface area (Å²) in [5.74, 6) is 2.43. The zero-order valence-corrected chi connectivity index (χ0v) is 9.20. The van der Waals surface area contributed by atoms with E-state index >= 15 is 0 Å². The number of hydrogen-bond donors (Lipinski definition) is 2. The second-order valence-corrected chi connectivity index (χ2v) is 4.10. The molecule has 2 aromatic heterocycles. The summed E-state index contributed by atoms with van der Waals surface area (Å²) in [6.07, 6.45) is 4.35. The molecule has 2 N–H and O–H groups in total. The molecular formula is C12H14N4. The van der Waals surface area contributed by atoms with Crippen LogP contribution in [0.4, 0.5) is 5.82 Å². The molecule has 2 heterocycles. The quantitative estimate of drug-likeness (QED) is 0.824. The van der Waals surface area contributed by atoms with E-state index in [1.165, 1.54) is 12.8 Å². The molecule has 0 spiro atoms. The average Bonchev–Trinajstić information content (AvgIpc) is 3.04. The van der Waals surface area contributed by atoms with Gasteiger partial charge >= 0.3 is 0 Å². The zero-order valence-electron chi connectivity index (χ0n) is 9.20. The summed E-state index contributed by atoms with van der Waals surface area (Å²) >= 11 is 0. The molecule has 1 fully saturated rings. The van der Waals surface area contributed by atoms with Crippen molar-refractivity contribution in [2.24, 2.45) is 0 Å². The van der Waals surface area contributed by atoms with Gasteiger partial charge in [0.25, 0.3) is 0 Å². The van der Waals surface area contributed by atoms with Gasteiger partial charge < -0.3 is 10.3 Å². The Morgan fingerprint density at radius 2 is 2.25 bits per heavy atom. The van der Waals surface area contributed by atoms with E-state index in [1.54, 1.807) is 0 Å². The third-order valence-electron chi connectivity index (χ3n) is 2.82. The molecule has 1 aliphatic rings. The maximum absolute atomic E-state index is 4.60. The highest BCUT2D eigenvalue weighted by Gasteiger charge is 2.27. The van der Waals surface area contributed by atoms with E-state index in [9.17, 15) is 0 Å². The molecule has 0 aliphatic heterocycles. The Hall–Kier alpha value is -1.84. The summed E-state index contributed by atoms with van der Waals surface area (Å²) in [6, 6.07) is 5.98. The van der Waals surface area contributed by atoms with Gasteiger partial charge in [0.2, 0.25) is 0 Å². The number of aromatic nitrogens is 3. The van der Waals surface area contributed by atoms with Crippen LogP contribution >= 0.6 is 0 Å². The Labute approximate surface area is 94.1 Å². The molecule has 0 atom stereocenters. The van der Waals surface area contributed by atoms with Crippen LogP contribution in [0.5, 0.6) is 0 Å². The fraction of sp³-hybridized carbons (Fsp3) is 0.333. The van der Waals surface area contributed by atoms with Crippen molar-refractivity contribution >= 4 is 5.82 Å². The third kappa shape index (κ3) is 1.66. The van der Waals surface area contributed by atoms with Gasteiger partial charge in [-0.15, -0.1) is 0 Å². The first-order valence-corrected chi connectivity index (χ1v) is 5.57. The number of rotatable bonds is 3. The van der Waals surface area contributed by atoms with Crippen LogP contribution in [0, 0.1) is 0 Å². The molecule has 16 heavy (non-hydrogen) atoms. The van der Waals surface area contributed by atoms with Crippen LogP contribution in [0.15, 0.2) is 24.4 Å². The van der Waals surface area contributed by atoms with Gasteiger partial charge in [-0.3, -0.25) is 0 Å². The fourth-order valence-corrected chi connectivity index (χ4v) is 1.75. The molecule has 3 rings (SSSR count). The monoisotopic (exact) mass is 214 g/mol.